The Kier molecular flexibility index (Phi) is 4.84. The first-order valence-corrected chi connectivity index (χ1v) is 9.52. The van der Waals surface area contributed by atoms with E-state index in [0.717, 1.165) is 25.4 Å². The predicted molar refractivity (Wildman–Crippen MR) is 104 cm³/mol. The lowest BCUT2D eigenvalue weighted by molar-refractivity contribution is 0.167. The minimum Gasteiger partial charge on any atom is -0.335 e. The lowest BCUT2D eigenvalue weighted by atomic mass is 9.95. The van der Waals surface area contributed by atoms with Gasteiger partial charge in [-0.05, 0) is 48.2 Å². The van der Waals surface area contributed by atoms with E-state index in [1.807, 2.05) is 6.20 Å². The molecule has 0 amide bonds. The number of piperidine rings is 1. The smallest absolute Gasteiger partial charge is 0.108 e. The Morgan fingerprint density at radius 3 is 2.68 bits per heavy atom. The number of hydrogen-bond donors (Lipinski definition) is 0. The molecular weight excluding hydrogens is 306 g/mol. The maximum absolute atomic E-state index is 4.45. The van der Waals surface area contributed by atoms with Crippen LogP contribution in [-0.2, 0) is 19.5 Å². The first-order chi connectivity index (χ1) is 12.3. The van der Waals surface area contributed by atoms with E-state index in [1.165, 1.54) is 48.1 Å². The summed E-state index contributed by atoms with van der Waals surface area (Å²) in [5, 5.41) is 2.75. The fraction of sp³-hybridized carbons (Fsp3) is 0.409. The van der Waals surface area contributed by atoms with Crippen molar-refractivity contribution in [1.82, 2.24) is 14.5 Å². The van der Waals surface area contributed by atoms with Gasteiger partial charge in [0.1, 0.15) is 5.82 Å². The van der Waals surface area contributed by atoms with Gasteiger partial charge in [0.15, 0.2) is 0 Å². The molecule has 0 spiro atoms. The number of rotatable bonds is 5. The van der Waals surface area contributed by atoms with Crippen molar-refractivity contribution in [3.8, 4) is 0 Å². The number of imidazole rings is 1. The average Bonchev–Trinajstić information content (AvgIpc) is 3.11. The Bertz CT molecular complexity index is 823. The summed E-state index contributed by atoms with van der Waals surface area (Å²) >= 11 is 0. The van der Waals surface area contributed by atoms with Gasteiger partial charge in [0, 0.05) is 31.9 Å². The van der Waals surface area contributed by atoms with Gasteiger partial charge in [0.25, 0.3) is 0 Å². The first kappa shape index (κ1) is 16.3. The zero-order valence-corrected chi connectivity index (χ0v) is 15.1. The van der Waals surface area contributed by atoms with Crippen LogP contribution in [-0.4, -0.2) is 27.5 Å². The Labute approximate surface area is 150 Å². The van der Waals surface area contributed by atoms with E-state index in [4.69, 9.17) is 0 Å². The highest BCUT2D eigenvalue weighted by Gasteiger charge is 2.20. The molecule has 3 nitrogen and oxygen atoms in total. The van der Waals surface area contributed by atoms with Crippen LogP contribution in [0, 0.1) is 5.92 Å². The van der Waals surface area contributed by atoms with Gasteiger partial charge in [-0.3, -0.25) is 4.90 Å². The van der Waals surface area contributed by atoms with Crippen molar-refractivity contribution in [2.45, 2.75) is 39.3 Å². The summed E-state index contributed by atoms with van der Waals surface area (Å²) in [4.78, 5) is 7.07. The summed E-state index contributed by atoms with van der Waals surface area (Å²) in [6.45, 7) is 6.78. The Morgan fingerprint density at radius 1 is 1.04 bits per heavy atom. The predicted octanol–water partition coefficient (Wildman–Crippen LogP) is 4.51. The lowest BCUT2D eigenvalue weighted by Gasteiger charge is -2.32. The number of hydrogen-bond acceptors (Lipinski definition) is 2. The highest BCUT2D eigenvalue weighted by Crippen LogP contribution is 2.24. The molecule has 0 bridgehead atoms. The van der Waals surface area contributed by atoms with Crippen molar-refractivity contribution in [3.05, 3.63) is 66.2 Å². The van der Waals surface area contributed by atoms with Crippen molar-refractivity contribution in [2.24, 2.45) is 5.92 Å². The molecular formula is C22H27N3. The zero-order valence-electron chi connectivity index (χ0n) is 15.1. The SMILES string of the molecule is CCc1nccn1CC1CCN(Cc2cccc3ccccc23)CC1. The third-order valence-corrected chi connectivity index (χ3v) is 5.55. The van der Waals surface area contributed by atoms with E-state index in [1.54, 1.807) is 0 Å². The number of likely N-dealkylation sites (tertiary alicyclic amines) is 1. The summed E-state index contributed by atoms with van der Waals surface area (Å²) in [7, 11) is 0. The van der Waals surface area contributed by atoms with Crippen molar-refractivity contribution in [3.63, 3.8) is 0 Å². The highest BCUT2D eigenvalue weighted by atomic mass is 15.1. The maximum Gasteiger partial charge on any atom is 0.108 e. The molecule has 1 saturated heterocycles. The molecule has 2 heterocycles. The number of nitrogens with zero attached hydrogens (tertiary/aromatic N) is 3. The van der Waals surface area contributed by atoms with E-state index in [2.05, 4.69) is 70.0 Å². The summed E-state index contributed by atoms with van der Waals surface area (Å²) in [5.74, 6) is 2.00. The van der Waals surface area contributed by atoms with Crippen LogP contribution in [0.25, 0.3) is 10.8 Å². The summed E-state index contributed by atoms with van der Waals surface area (Å²) in [6.07, 6.45) is 7.67. The second-order valence-electron chi connectivity index (χ2n) is 7.21. The van der Waals surface area contributed by atoms with Crippen LogP contribution in [0.5, 0.6) is 0 Å². The van der Waals surface area contributed by atoms with Gasteiger partial charge in [-0.25, -0.2) is 4.98 Å². The molecule has 0 aliphatic carbocycles. The number of aromatic nitrogens is 2. The molecule has 1 fully saturated rings. The molecule has 2 aromatic carbocycles. The molecule has 0 atom stereocenters. The minimum absolute atomic E-state index is 0.781. The molecule has 1 aliphatic heterocycles. The van der Waals surface area contributed by atoms with Crippen molar-refractivity contribution < 1.29 is 0 Å². The monoisotopic (exact) mass is 333 g/mol. The van der Waals surface area contributed by atoms with Crippen LogP contribution >= 0.6 is 0 Å². The fourth-order valence-electron chi connectivity index (χ4n) is 4.10. The van der Waals surface area contributed by atoms with Gasteiger partial charge in [-0.2, -0.15) is 0 Å². The van der Waals surface area contributed by atoms with E-state index in [-0.39, 0.29) is 0 Å². The van der Waals surface area contributed by atoms with Crippen LogP contribution in [0.1, 0.15) is 31.2 Å². The van der Waals surface area contributed by atoms with E-state index in [9.17, 15) is 0 Å². The van der Waals surface area contributed by atoms with Crippen molar-refractivity contribution in [2.75, 3.05) is 13.1 Å². The average molecular weight is 333 g/mol. The molecule has 3 heteroatoms. The standard InChI is InChI=1S/C22H27N3/c1-2-22-23-12-15-25(22)16-18-10-13-24(14-11-18)17-20-8-5-7-19-6-3-4-9-21(19)20/h3-9,12,15,18H,2,10-11,13-14,16-17H2,1H3. The molecule has 25 heavy (non-hydrogen) atoms. The fourth-order valence-corrected chi connectivity index (χ4v) is 4.10. The molecule has 0 saturated carbocycles. The van der Waals surface area contributed by atoms with Crippen molar-refractivity contribution in [1.29, 1.82) is 0 Å². The van der Waals surface area contributed by atoms with Gasteiger partial charge in [0.2, 0.25) is 0 Å². The minimum atomic E-state index is 0.781. The van der Waals surface area contributed by atoms with Crippen LogP contribution in [0.3, 0.4) is 0 Å². The highest BCUT2D eigenvalue weighted by molar-refractivity contribution is 5.85. The molecule has 3 aromatic rings. The van der Waals surface area contributed by atoms with Crippen LogP contribution in [0.4, 0.5) is 0 Å². The van der Waals surface area contributed by atoms with Gasteiger partial charge in [-0.15, -0.1) is 0 Å². The molecule has 1 aliphatic rings. The largest absolute Gasteiger partial charge is 0.335 e. The third kappa shape index (κ3) is 3.62. The molecule has 0 N–H and O–H groups in total. The van der Waals surface area contributed by atoms with Crippen LogP contribution in [0.2, 0.25) is 0 Å². The van der Waals surface area contributed by atoms with E-state index in [0.29, 0.717) is 0 Å². The van der Waals surface area contributed by atoms with Gasteiger partial charge in [-0.1, -0.05) is 49.4 Å². The quantitative estimate of drug-likeness (QED) is 0.685. The maximum atomic E-state index is 4.45. The molecule has 4 rings (SSSR count). The third-order valence-electron chi connectivity index (χ3n) is 5.55. The second kappa shape index (κ2) is 7.40. The molecule has 0 unspecified atom stereocenters. The van der Waals surface area contributed by atoms with E-state index < -0.39 is 0 Å². The van der Waals surface area contributed by atoms with Gasteiger partial charge < -0.3 is 4.57 Å². The van der Waals surface area contributed by atoms with Crippen LogP contribution in [0.15, 0.2) is 54.9 Å². The second-order valence-corrected chi connectivity index (χ2v) is 7.21. The number of benzene rings is 2. The normalized spacial score (nSPS) is 16.5. The Balaban J connectivity index is 1.37. The van der Waals surface area contributed by atoms with Crippen LogP contribution < -0.4 is 0 Å². The lowest BCUT2D eigenvalue weighted by Crippen LogP contribution is -2.34. The van der Waals surface area contributed by atoms with Gasteiger partial charge in [0.05, 0.1) is 0 Å². The zero-order chi connectivity index (χ0) is 17.1. The Morgan fingerprint density at radius 2 is 1.84 bits per heavy atom. The number of aryl methyl sites for hydroxylation is 1. The van der Waals surface area contributed by atoms with Crippen molar-refractivity contribution >= 4 is 10.8 Å². The molecule has 1 aromatic heterocycles. The topological polar surface area (TPSA) is 21.1 Å². The summed E-state index contributed by atoms with van der Waals surface area (Å²) in [5.41, 5.74) is 1.46. The molecule has 130 valence electrons. The Hall–Kier alpha value is -2.13. The first-order valence-electron chi connectivity index (χ1n) is 9.52. The molecule has 0 radical (unpaired) electrons. The number of fused-ring (bicyclic) bond motifs is 1. The summed E-state index contributed by atoms with van der Waals surface area (Å²) < 4.78 is 2.35. The summed E-state index contributed by atoms with van der Waals surface area (Å²) in [6, 6.07) is 15.4. The van der Waals surface area contributed by atoms with E-state index >= 15 is 0 Å². The van der Waals surface area contributed by atoms with Gasteiger partial charge >= 0.3 is 0 Å².